The van der Waals surface area contributed by atoms with Gasteiger partial charge >= 0.3 is 11.9 Å². The highest BCUT2D eigenvalue weighted by atomic mass is 16.6. The van der Waals surface area contributed by atoms with Crippen molar-refractivity contribution in [2.45, 2.75) is 19.8 Å². The van der Waals surface area contributed by atoms with Crippen molar-refractivity contribution in [3.8, 4) is 22.9 Å². The van der Waals surface area contributed by atoms with E-state index >= 15 is 0 Å². The molecule has 0 spiro atoms. The molecular formula is C25H25N3O6. The number of carbonyl (C=O) groups is 2. The maximum atomic E-state index is 13.0. The van der Waals surface area contributed by atoms with Crippen LogP contribution in [0.25, 0.3) is 11.3 Å². The van der Waals surface area contributed by atoms with Crippen molar-refractivity contribution in [3.63, 3.8) is 0 Å². The molecule has 176 valence electrons. The van der Waals surface area contributed by atoms with E-state index in [9.17, 15) is 9.59 Å². The number of nitrogens with zero attached hydrogens (tertiary/aromatic N) is 1. The normalized spacial score (nSPS) is 14.7. The monoisotopic (exact) mass is 463 g/mol. The minimum Gasteiger partial charge on any atom is -0.482 e. The lowest BCUT2D eigenvalue weighted by Gasteiger charge is -2.27. The molecule has 0 fully saturated rings. The van der Waals surface area contributed by atoms with Crippen LogP contribution < -0.4 is 15.2 Å². The van der Waals surface area contributed by atoms with E-state index in [1.165, 1.54) is 0 Å². The molecule has 0 amide bonds. The van der Waals surface area contributed by atoms with Gasteiger partial charge in [-0.25, -0.2) is 9.59 Å². The summed E-state index contributed by atoms with van der Waals surface area (Å²) >= 11 is 0. The van der Waals surface area contributed by atoms with Gasteiger partial charge in [0, 0.05) is 5.56 Å². The van der Waals surface area contributed by atoms with Crippen LogP contribution in [0.15, 0.2) is 66.1 Å². The maximum absolute atomic E-state index is 13.0. The lowest BCUT2D eigenvalue weighted by molar-refractivity contribution is -0.145. The SMILES string of the molecule is CCOC(=O)COc1ccccc1[C@H]1C(C(=O)OCC)=C(N)Oc2n[nH]c(-c3ccccc3)c21. The first-order valence-electron chi connectivity index (χ1n) is 10.9. The topological polar surface area (TPSA) is 126 Å². The Balaban J connectivity index is 1.87. The Bertz CT molecular complexity index is 1220. The fourth-order valence-corrected chi connectivity index (χ4v) is 3.88. The van der Waals surface area contributed by atoms with Crippen LogP contribution in [-0.4, -0.2) is 42.0 Å². The number of ether oxygens (including phenoxy) is 4. The third kappa shape index (κ3) is 4.45. The minimum absolute atomic E-state index is 0.109. The molecule has 9 heteroatoms. The Kier molecular flexibility index (Phi) is 6.82. The second kappa shape index (κ2) is 10.1. The van der Waals surface area contributed by atoms with Gasteiger partial charge in [-0.2, -0.15) is 0 Å². The molecule has 0 saturated heterocycles. The number of benzene rings is 2. The summed E-state index contributed by atoms with van der Waals surface area (Å²) < 4.78 is 21.8. The molecule has 1 aliphatic rings. The second-order valence-electron chi connectivity index (χ2n) is 7.35. The van der Waals surface area contributed by atoms with Gasteiger partial charge in [0.05, 0.1) is 30.4 Å². The Morgan fingerprint density at radius 3 is 2.47 bits per heavy atom. The third-order valence-electron chi connectivity index (χ3n) is 5.26. The van der Waals surface area contributed by atoms with E-state index in [0.717, 1.165) is 5.56 Å². The van der Waals surface area contributed by atoms with Gasteiger partial charge in [-0.05, 0) is 25.5 Å². The number of aromatic nitrogens is 2. The number of aromatic amines is 1. The molecule has 1 aliphatic heterocycles. The zero-order valence-electron chi connectivity index (χ0n) is 18.9. The van der Waals surface area contributed by atoms with Crippen LogP contribution in [0.5, 0.6) is 11.6 Å². The van der Waals surface area contributed by atoms with E-state index in [1.807, 2.05) is 36.4 Å². The standard InChI is InChI=1S/C25H25N3O6/c1-3-31-18(29)14-33-17-13-9-8-12-16(17)19-20-22(15-10-6-5-7-11-15)27-28-24(20)34-23(26)21(19)25(30)32-4-2/h5-13,19H,3-4,14,26H2,1-2H3,(H,27,28)/t19-/m1/s1. The Labute approximate surface area is 196 Å². The maximum Gasteiger partial charge on any atom is 0.344 e. The van der Waals surface area contributed by atoms with E-state index in [2.05, 4.69) is 10.2 Å². The molecule has 3 aromatic rings. The summed E-state index contributed by atoms with van der Waals surface area (Å²) in [5, 5.41) is 7.31. The van der Waals surface area contributed by atoms with Crippen molar-refractivity contribution in [1.82, 2.24) is 10.2 Å². The second-order valence-corrected chi connectivity index (χ2v) is 7.35. The smallest absolute Gasteiger partial charge is 0.344 e. The molecule has 4 rings (SSSR count). The van der Waals surface area contributed by atoms with Gasteiger partial charge in [0.25, 0.3) is 0 Å². The number of H-pyrrole nitrogens is 1. The van der Waals surface area contributed by atoms with Crippen molar-refractivity contribution in [2.24, 2.45) is 5.73 Å². The number of carbonyl (C=O) groups excluding carboxylic acids is 2. The van der Waals surface area contributed by atoms with E-state index in [4.69, 9.17) is 24.7 Å². The van der Waals surface area contributed by atoms with Gasteiger partial charge in [-0.1, -0.05) is 48.5 Å². The molecular weight excluding hydrogens is 438 g/mol. The average molecular weight is 463 g/mol. The molecule has 2 aromatic carbocycles. The Morgan fingerprint density at radius 2 is 1.74 bits per heavy atom. The van der Waals surface area contributed by atoms with Crippen molar-refractivity contribution in [1.29, 1.82) is 0 Å². The van der Waals surface area contributed by atoms with E-state index in [1.54, 1.807) is 32.0 Å². The fourth-order valence-electron chi connectivity index (χ4n) is 3.88. The van der Waals surface area contributed by atoms with Crippen LogP contribution in [-0.2, 0) is 19.1 Å². The summed E-state index contributed by atoms with van der Waals surface area (Å²) in [5.74, 6) is -1.31. The first-order chi connectivity index (χ1) is 16.5. The fraction of sp³-hybridized carbons (Fsp3) is 0.240. The van der Waals surface area contributed by atoms with Crippen LogP contribution in [0.4, 0.5) is 0 Å². The number of para-hydroxylation sites is 1. The van der Waals surface area contributed by atoms with E-state index < -0.39 is 17.9 Å². The Hall–Kier alpha value is -4.27. The quantitative estimate of drug-likeness (QED) is 0.488. The van der Waals surface area contributed by atoms with Crippen molar-refractivity contribution in [3.05, 3.63) is 77.2 Å². The predicted molar refractivity (Wildman–Crippen MR) is 123 cm³/mol. The zero-order chi connectivity index (χ0) is 24.1. The summed E-state index contributed by atoms with van der Waals surface area (Å²) in [7, 11) is 0. The van der Waals surface area contributed by atoms with Gasteiger partial charge < -0.3 is 24.7 Å². The molecule has 0 bridgehead atoms. The van der Waals surface area contributed by atoms with Crippen LogP contribution in [0.1, 0.15) is 30.9 Å². The number of hydrogen-bond acceptors (Lipinski definition) is 8. The molecule has 2 heterocycles. The average Bonchev–Trinajstić information content (AvgIpc) is 3.26. The number of fused-ring (bicyclic) bond motifs is 1. The molecule has 0 radical (unpaired) electrons. The number of nitrogens with one attached hydrogen (secondary N) is 1. The predicted octanol–water partition coefficient (Wildman–Crippen LogP) is 3.28. The van der Waals surface area contributed by atoms with E-state index in [-0.39, 0.29) is 37.2 Å². The first kappa shape index (κ1) is 22.9. The lowest BCUT2D eigenvalue weighted by atomic mass is 9.82. The van der Waals surface area contributed by atoms with Crippen LogP contribution in [0, 0.1) is 0 Å². The lowest BCUT2D eigenvalue weighted by Crippen LogP contribution is -2.28. The minimum atomic E-state index is -0.727. The van der Waals surface area contributed by atoms with Gasteiger partial charge in [-0.15, -0.1) is 5.10 Å². The number of hydrogen-bond donors (Lipinski definition) is 2. The van der Waals surface area contributed by atoms with Crippen LogP contribution >= 0.6 is 0 Å². The molecule has 34 heavy (non-hydrogen) atoms. The molecule has 1 atom stereocenters. The number of esters is 2. The summed E-state index contributed by atoms with van der Waals surface area (Å²) in [6.07, 6.45) is 0. The van der Waals surface area contributed by atoms with Crippen LogP contribution in [0.2, 0.25) is 0 Å². The first-order valence-corrected chi connectivity index (χ1v) is 10.9. The molecule has 0 saturated carbocycles. The molecule has 9 nitrogen and oxygen atoms in total. The van der Waals surface area contributed by atoms with Crippen LogP contribution in [0.3, 0.4) is 0 Å². The highest BCUT2D eigenvalue weighted by Gasteiger charge is 2.40. The highest BCUT2D eigenvalue weighted by molar-refractivity contribution is 5.93. The molecule has 0 unspecified atom stereocenters. The van der Waals surface area contributed by atoms with Crippen molar-refractivity contribution >= 4 is 11.9 Å². The molecule has 1 aromatic heterocycles. The summed E-state index contributed by atoms with van der Waals surface area (Å²) in [5.41, 5.74) is 9.04. The van der Waals surface area contributed by atoms with Crippen molar-refractivity contribution in [2.75, 3.05) is 19.8 Å². The van der Waals surface area contributed by atoms with Gasteiger partial charge in [0.15, 0.2) is 6.61 Å². The zero-order valence-corrected chi connectivity index (χ0v) is 18.9. The van der Waals surface area contributed by atoms with Gasteiger partial charge in [0.1, 0.15) is 11.3 Å². The van der Waals surface area contributed by atoms with Gasteiger partial charge in [-0.3, -0.25) is 5.10 Å². The summed E-state index contributed by atoms with van der Waals surface area (Å²) in [6.45, 7) is 3.55. The molecule has 0 aliphatic carbocycles. The van der Waals surface area contributed by atoms with E-state index in [0.29, 0.717) is 22.6 Å². The summed E-state index contributed by atoms with van der Waals surface area (Å²) in [6, 6.07) is 16.6. The number of rotatable bonds is 8. The molecule has 3 N–H and O–H groups in total. The van der Waals surface area contributed by atoms with Gasteiger partial charge in [0.2, 0.25) is 11.8 Å². The third-order valence-corrected chi connectivity index (χ3v) is 5.26. The number of nitrogens with two attached hydrogens (primary N) is 1. The summed E-state index contributed by atoms with van der Waals surface area (Å²) in [4.78, 5) is 25.0. The Morgan fingerprint density at radius 1 is 1.03 bits per heavy atom. The van der Waals surface area contributed by atoms with Crippen molar-refractivity contribution < 1.29 is 28.5 Å². The largest absolute Gasteiger partial charge is 0.482 e. The highest BCUT2D eigenvalue weighted by Crippen LogP contribution is 2.48.